The first-order valence-electron chi connectivity index (χ1n) is 18.3. The third-order valence-corrected chi connectivity index (χ3v) is 9.33. The molecule has 0 saturated heterocycles. The minimum Gasteiger partial charge on any atom is -0.832 e. The molecule has 3 aromatic carbocycles. The number of halogens is 3. The predicted octanol–water partition coefficient (Wildman–Crippen LogP) is 9.68. The van der Waals surface area contributed by atoms with Crippen molar-refractivity contribution in [1.29, 1.82) is 0 Å². The summed E-state index contributed by atoms with van der Waals surface area (Å²) in [7, 11) is -2.50. The zero-order chi connectivity index (χ0) is 35.4. The van der Waals surface area contributed by atoms with Gasteiger partial charge in [0.05, 0.1) is 26.2 Å². The smallest absolute Gasteiger partial charge is 0.343 e. The molecule has 1 unspecified atom stereocenters. The van der Waals surface area contributed by atoms with Gasteiger partial charge in [0.25, 0.3) is 0 Å². The zero-order valence-corrected chi connectivity index (χ0v) is 30.0. The van der Waals surface area contributed by atoms with Crippen LogP contribution in [0.5, 0.6) is 0 Å². The minimum absolute atomic E-state index is 0.221. The molecule has 0 saturated carbocycles. The summed E-state index contributed by atoms with van der Waals surface area (Å²) in [6.07, 6.45) is 12.9. The van der Waals surface area contributed by atoms with Crippen molar-refractivity contribution in [2.75, 3.05) is 26.2 Å². The van der Waals surface area contributed by atoms with Gasteiger partial charge in [-0.2, -0.15) is 0 Å². The first-order chi connectivity index (χ1) is 23.1. The molecule has 0 aliphatic carbocycles. The van der Waals surface area contributed by atoms with Crippen molar-refractivity contribution in [2.45, 2.75) is 117 Å². The van der Waals surface area contributed by atoms with Crippen LogP contribution >= 0.6 is 0 Å². The maximum Gasteiger partial charge on any atom is 0.343 e. The first kappa shape index (κ1) is 41.5. The van der Waals surface area contributed by atoms with Gasteiger partial charge in [-0.25, -0.2) is 13.2 Å². The molecule has 0 bridgehead atoms. The standard InChI is InChI=1S/C24H23BF3O3.C16H36N/c1-2-3-13-23(17-7-4-10-20(26)14-17)24(31-25(29)30,18-8-5-11-21(27)15-18)19-9-6-12-22(28)16-19;1-5-9-13-17(14-10-6-2,15-11-7-3)16-12-8-4/h4-12,14-16,23,29H,2-3,13H2,1H3;5-16H2,1-4H3/q-1;+1. The Morgan fingerprint density at radius 2 is 1.04 bits per heavy atom. The van der Waals surface area contributed by atoms with Crippen molar-refractivity contribution in [2.24, 2.45) is 0 Å². The Balaban J connectivity index is 0.000000401. The Bertz CT molecular complexity index is 1220. The molecular weight excluding hydrogens is 610 g/mol. The van der Waals surface area contributed by atoms with Crippen LogP contribution in [0.4, 0.5) is 13.2 Å². The molecule has 0 aliphatic rings. The molecule has 4 nitrogen and oxygen atoms in total. The number of rotatable bonds is 21. The highest BCUT2D eigenvalue weighted by molar-refractivity contribution is 6.30. The highest BCUT2D eigenvalue weighted by Crippen LogP contribution is 2.48. The second-order valence-electron chi connectivity index (χ2n) is 13.1. The molecule has 0 spiro atoms. The highest BCUT2D eigenvalue weighted by atomic mass is 19.1. The van der Waals surface area contributed by atoms with Gasteiger partial charge in [0.1, 0.15) is 23.1 Å². The van der Waals surface area contributed by atoms with Crippen molar-refractivity contribution in [3.63, 3.8) is 0 Å². The largest absolute Gasteiger partial charge is 0.832 e. The monoisotopic (exact) mass is 669 g/mol. The molecule has 266 valence electrons. The third-order valence-electron chi connectivity index (χ3n) is 9.33. The van der Waals surface area contributed by atoms with Crippen molar-refractivity contribution in [1.82, 2.24) is 0 Å². The van der Waals surface area contributed by atoms with Crippen molar-refractivity contribution < 1.29 is 32.4 Å². The van der Waals surface area contributed by atoms with Crippen LogP contribution in [0.3, 0.4) is 0 Å². The molecule has 0 amide bonds. The van der Waals surface area contributed by atoms with Crippen molar-refractivity contribution in [3.05, 3.63) is 107 Å². The minimum atomic E-state index is -2.50. The summed E-state index contributed by atoms with van der Waals surface area (Å²) in [6.45, 7) is 17.0. The molecule has 3 aromatic rings. The van der Waals surface area contributed by atoms with E-state index in [-0.39, 0.29) is 11.1 Å². The normalized spacial score (nSPS) is 12.4. The summed E-state index contributed by atoms with van der Waals surface area (Å²) < 4.78 is 49.8. The molecule has 0 fully saturated rings. The van der Waals surface area contributed by atoms with Crippen LogP contribution < -0.4 is 5.02 Å². The van der Waals surface area contributed by atoms with Gasteiger partial charge in [-0.3, -0.25) is 0 Å². The van der Waals surface area contributed by atoms with Gasteiger partial charge < -0.3 is 19.2 Å². The maximum atomic E-state index is 14.3. The average molecular weight is 670 g/mol. The Morgan fingerprint density at radius 1 is 0.646 bits per heavy atom. The SMILES string of the molecule is CCCCC(c1cccc(F)c1)C(OB([O-])O)(c1cccc(F)c1)c1cccc(F)c1.CCCC[N+](CCCC)(CCCC)CCCC. The fraction of sp³-hybridized carbons (Fsp3) is 0.550. The second kappa shape index (κ2) is 22.1. The Morgan fingerprint density at radius 3 is 1.40 bits per heavy atom. The molecule has 0 aromatic heterocycles. The summed E-state index contributed by atoms with van der Waals surface area (Å²) in [5.74, 6) is -2.38. The summed E-state index contributed by atoms with van der Waals surface area (Å²) in [4.78, 5) is 0. The average Bonchev–Trinajstić information content (AvgIpc) is 3.07. The van der Waals surface area contributed by atoms with Gasteiger partial charge >= 0.3 is 7.32 Å². The number of unbranched alkanes of at least 4 members (excludes halogenated alkanes) is 5. The number of hydrogen-bond acceptors (Lipinski definition) is 3. The summed E-state index contributed by atoms with van der Waals surface area (Å²) >= 11 is 0. The Hall–Kier alpha value is -2.65. The molecule has 48 heavy (non-hydrogen) atoms. The van der Waals surface area contributed by atoms with E-state index in [9.17, 15) is 23.2 Å². The van der Waals surface area contributed by atoms with Crippen molar-refractivity contribution >= 4 is 7.32 Å². The van der Waals surface area contributed by atoms with Gasteiger partial charge in [0.2, 0.25) is 0 Å². The molecule has 8 heteroatoms. The lowest BCUT2D eigenvalue weighted by atomic mass is 9.70. The number of hydrogen-bond donors (Lipinski definition) is 1. The lowest BCUT2D eigenvalue weighted by Gasteiger charge is -2.45. The fourth-order valence-corrected chi connectivity index (χ4v) is 6.77. The predicted molar refractivity (Wildman–Crippen MR) is 191 cm³/mol. The maximum absolute atomic E-state index is 14.3. The van der Waals surface area contributed by atoms with E-state index in [2.05, 4.69) is 27.7 Å². The summed E-state index contributed by atoms with van der Waals surface area (Å²) in [5.41, 5.74) is -0.826. The lowest BCUT2D eigenvalue weighted by Crippen LogP contribution is -2.50. The molecule has 3 rings (SSSR count). The van der Waals surface area contributed by atoms with Crippen molar-refractivity contribution in [3.8, 4) is 0 Å². The molecule has 0 aliphatic heterocycles. The topological polar surface area (TPSA) is 52.5 Å². The van der Waals surface area contributed by atoms with Gasteiger partial charge in [0.15, 0.2) is 0 Å². The van der Waals surface area contributed by atoms with Crippen LogP contribution in [0.2, 0.25) is 0 Å². The van der Waals surface area contributed by atoms with Gasteiger partial charge in [-0.15, -0.1) is 0 Å². The quantitative estimate of drug-likeness (QED) is 0.0908. The van der Waals surface area contributed by atoms with Crippen LogP contribution in [-0.2, 0) is 10.3 Å². The zero-order valence-electron chi connectivity index (χ0n) is 30.0. The fourth-order valence-electron chi connectivity index (χ4n) is 6.77. The first-order valence-corrected chi connectivity index (χ1v) is 18.3. The highest BCUT2D eigenvalue weighted by Gasteiger charge is 2.44. The molecule has 0 heterocycles. The molecule has 1 atom stereocenters. The molecular formula is C40H59BF3NO3. The molecule has 0 radical (unpaired) electrons. The Labute approximate surface area is 289 Å². The lowest BCUT2D eigenvalue weighted by molar-refractivity contribution is -0.929. The van der Waals surface area contributed by atoms with Gasteiger partial charge in [0, 0.05) is 5.92 Å². The van der Waals surface area contributed by atoms with E-state index >= 15 is 0 Å². The van der Waals surface area contributed by atoms with E-state index in [0.29, 0.717) is 18.4 Å². The van der Waals surface area contributed by atoms with Crippen LogP contribution in [0, 0.1) is 17.5 Å². The number of quaternary nitrogens is 1. The van der Waals surface area contributed by atoms with Crippen LogP contribution in [0.1, 0.15) is 128 Å². The Kier molecular flexibility index (Phi) is 19.2. The van der Waals surface area contributed by atoms with E-state index < -0.39 is 36.3 Å². The number of benzene rings is 3. The second-order valence-corrected chi connectivity index (χ2v) is 13.1. The summed E-state index contributed by atoms with van der Waals surface area (Å²) in [5, 5.41) is 21.8. The van der Waals surface area contributed by atoms with Crippen LogP contribution in [0.15, 0.2) is 72.8 Å². The van der Waals surface area contributed by atoms with Crippen LogP contribution in [0.25, 0.3) is 0 Å². The van der Waals surface area contributed by atoms with Gasteiger partial charge in [-0.05, 0) is 85.2 Å². The van der Waals surface area contributed by atoms with E-state index in [0.717, 1.165) is 6.42 Å². The van der Waals surface area contributed by atoms with Crippen LogP contribution in [-0.4, -0.2) is 43.0 Å². The summed E-state index contributed by atoms with van der Waals surface area (Å²) in [6, 6.07) is 16.6. The molecule has 1 N–H and O–H groups in total. The van der Waals surface area contributed by atoms with E-state index in [1.54, 1.807) is 18.2 Å². The number of nitrogens with zero attached hydrogens (tertiary/aromatic N) is 1. The van der Waals surface area contributed by atoms with Gasteiger partial charge in [-0.1, -0.05) is 110 Å². The van der Waals surface area contributed by atoms with E-state index in [4.69, 9.17) is 4.65 Å². The van der Waals surface area contributed by atoms with E-state index in [1.807, 2.05) is 6.92 Å². The third kappa shape index (κ3) is 12.7. The van der Waals surface area contributed by atoms with E-state index in [1.165, 1.54) is 137 Å².